The van der Waals surface area contributed by atoms with Crippen molar-refractivity contribution in [2.24, 2.45) is 11.8 Å². The minimum absolute atomic E-state index is 0.0693. The molecule has 1 N–H and O–H groups in total. The number of nitrogens with one attached hydrogen (secondary N) is 1. The number of carbonyl (C=O) groups is 1. The second-order valence-electron chi connectivity index (χ2n) is 9.59. The molecule has 2 saturated heterocycles. The summed E-state index contributed by atoms with van der Waals surface area (Å²) in [6.07, 6.45) is 4.25. The van der Waals surface area contributed by atoms with Gasteiger partial charge >= 0.3 is 0 Å². The molecule has 1 amide bonds. The van der Waals surface area contributed by atoms with Crippen molar-refractivity contribution in [3.8, 4) is 11.4 Å². The second-order valence-corrected chi connectivity index (χ2v) is 10.0. The minimum Gasteiger partial charge on any atom is -0.355 e. The van der Waals surface area contributed by atoms with Crippen LogP contribution in [-0.2, 0) is 4.79 Å². The zero-order valence-corrected chi connectivity index (χ0v) is 20.4. The van der Waals surface area contributed by atoms with Gasteiger partial charge < -0.3 is 15.1 Å². The fraction of sp³-hybridized carbons (Fsp3) is 0.520. The lowest BCUT2D eigenvalue weighted by atomic mass is 9.96. The quantitative estimate of drug-likeness (QED) is 0.580. The molecule has 9 heteroatoms. The fourth-order valence-electron chi connectivity index (χ4n) is 5.07. The highest BCUT2D eigenvalue weighted by molar-refractivity contribution is 6.30. The van der Waals surface area contributed by atoms with Gasteiger partial charge in [-0.1, -0.05) is 18.5 Å². The van der Waals surface area contributed by atoms with Gasteiger partial charge in [-0.3, -0.25) is 4.79 Å². The Hall–Kier alpha value is -2.71. The van der Waals surface area contributed by atoms with Crippen LogP contribution in [0.5, 0.6) is 0 Å². The highest BCUT2D eigenvalue weighted by atomic mass is 35.5. The number of nitrogens with zero attached hydrogens (tertiary/aromatic N) is 6. The molecule has 4 heterocycles. The highest BCUT2D eigenvalue weighted by Crippen LogP contribution is 2.25. The van der Waals surface area contributed by atoms with E-state index in [1.165, 1.54) is 12.8 Å². The predicted octanol–water partition coefficient (Wildman–Crippen LogP) is 3.51. The van der Waals surface area contributed by atoms with E-state index in [9.17, 15) is 4.79 Å². The van der Waals surface area contributed by atoms with Crippen LogP contribution in [0.2, 0.25) is 5.02 Å². The van der Waals surface area contributed by atoms with Gasteiger partial charge in [-0.05, 0) is 74.5 Å². The number of rotatable bonds is 6. The summed E-state index contributed by atoms with van der Waals surface area (Å²) >= 11 is 6.03. The molecule has 5 rings (SSSR count). The molecular weight excluding hydrogens is 450 g/mol. The number of amides is 1. The normalized spacial score (nSPS) is 20.1. The van der Waals surface area contributed by atoms with Crippen molar-refractivity contribution in [2.75, 3.05) is 44.2 Å². The number of piperidine rings is 2. The summed E-state index contributed by atoms with van der Waals surface area (Å²) in [6.45, 7) is 7.92. The molecule has 0 unspecified atom stereocenters. The van der Waals surface area contributed by atoms with Crippen molar-refractivity contribution in [3.63, 3.8) is 0 Å². The lowest BCUT2D eigenvalue weighted by Crippen LogP contribution is -2.44. The van der Waals surface area contributed by atoms with Crippen LogP contribution < -0.4 is 10.2 Å². The first kappa shape index (κ1) is 23.1. The summed E-state index contributed by atoms with van der Waals surface area (Å²) in [5.41, 5.74) is 1.61. The van der Waals surface area contributed by atoms with Gasteiger partial charge in [0.1, 0.15) is 5.82 Å². The average molecular weight is 482 g/mol. The molecule has 8 nitrogen and oxygen atoms in total. The van der Waals surface area contributed by atoms with E-state index in [2.05, 4.69) is 32.2 Å². The lowest BCUT2D eigenvalue weighted by Gasteiger charge is -2.33. The summed E-state index contributed by atoms with van der Waals surface area (Å²) in [7, 11) is 0. The Morgan fingerprint density at radius 3 is 2.62 bits per heavy atom. The summed E-state index contributed by atoms with van der Waals surface area (Å²) in [5.74, 6) is 2.59. The molecule has 1 aromatic carbocycles. The molecule has 0 radical (unpaired) electrons. The molecule has 0 spiro atoms. The Kier molecular flexibility index (Phi) is 6.97. The Balaban J connectivity index is 1.16. The van der Waals surface area contributed by atoms with E-state index in [-0.39, 0.29) is 11.8 Å². The van der Waals surface area contributed by atoms with Crippen molar-refractivity contribution < 1.29 is 4.79 Å². The Morgan fingerprint density at radius 2 is 1.85 bits per heavy atom. The topological polar surface area (TPSA) is 78.7 Å². The molecule has 34 heavy (non-hydrogen) atoms. The zero-order valence-electron chi connectivity index (χ0n) is 19.7. The van der Waals surface area contributed by atoms with E-state index in [0.717, 1.165) is 69.4 Å². The number of hydrogen-bond donors (Lipinski definition) is 1. The summed E-state index contributed by atoms with van der Waals surface area (Å²) < 4.78 is 1.78. The van der Waals surface area contributed by atoms with E-state index < -0.39 is 0 Å². The van der Waals surface area contributed by atoms with Crippen LogP contribution in [0.1, 0.15) is 32.6 Å². The lowest BCUT2D eigenvalue weighted by molar-refractivity contribution is -0.125. The molecule has 0 aliphatic carbocycles. The van der Waals surface area contributed by atoms with Gasteiger partial charge in [0.05, 0.1) is 0 Å². The Morgan fingerprint density at radius 1 is 1.06 bits per heavy atom. The number of carbonyl (C=O) groups excluding carboxylic acids is 1. The first-order chi connectivity index (χ1) is 16.6. The minimum atomic E-state index is 0.0693. The molecule has 180 valence electrons. The number of halogens is 1. The third kappa shape index (κ3) is 5.18. The van der Waals surface area contributed by atoms with Crippen LogP contribution >= 0.6 is 11.6 Å². The monoisotopic (exact) mass is 481 g/mol. The maximum atomic E-state index is 12.7. The molecule has 1 atom stereocenters. The van der Waals surface area contributed by atoms with Gasteiger partial charge in [0.15, 0.2) is 11.5 Å². The average Bonchev–Trinajstić information content (AvgIpc) is 3.28. The van der Waals surface area contributed by atoms with Crippen LogP contribution in [0.15, 0.2) is 36.4 Å². The molecule has 0 saturated carbocycles. The van der Waals surface area contributed by atoms with Crippen LogP contribution in [0.25, 0.3) is 17.0 Å². The first-order valence-corrected chi connectivity index (χ1v) is 12.7. The SMILES string of the molecule is C[C@@H]1CCCN(CCNC(=O)C2CCN(c3ccc4nnc(-c5ccc(Cl)cc5)n4n3)CC2)C1. The summed E-state index contributed by atoms with van der Waals surface area (Å²) in [4.78, 5) is 17.4. The van der Waals surface area contributed by atoms with Crippen molar-refractivity contribution in [1.82, 2.24) is 30.0 Å². The van der Waals surface area contributed by atoms with E-state index >= 15 is 0 Å². The smallest absolute Gasteiger partial charge is 0.223 e. The van der Waals surface area contributed by atoms with Gasteiger partial charge in [0.25, 0.3) is 0 Å². The van der Waals surface area contributed by atoms with Crippen LogP contribution in [0, 0.1) is 11.8 Å². The zero-order chi connectivity index (χ0) is 23.5. The fourth-order valence-corrected chi connectivity index (χ4v) is 5.19. The van der Waals surface area contributed by atoms with Gasteiger partial charge in [-0.2, -0.15) is 4.52 Å². The van der Waals surface area contributed by atoms with E-state index in [4.69, 9.17) is 16.7 Å². The van der Waals surface area contributed by atoms with Crippen molar-refractivity contribution in [3.05, 3.63) is 41.4 Å². The highest BCUT2D eigenvalue weighted by Gasteiger charge is 2.26. The van der Waals surface area contributed by atoms with E-state index in [1.807, 2.05) is 36.4 Å². The van der Waals surface area contributed by atoms with Crippen LogP contribution in [0.3, 0.4) is 0 Å². The second kappa shape index (κ2) is 10.3. The maximum absolute atomic E-state index is 12.7. The summed E-state index contributed by atoms with van der Waals surface area (Å²) in [5, 5.41) is 17.2. The first-order valence-electron chi connectivity index (χ1n) is 12.3. The standard InChI is InChI=1S/C25H32ClN7O/c1-18-3-2-13-31(17-18)16-12-27-25(34)20-10-14-32(15-11-20)23-9-8-22-28-29-24(33(22)30-23)19-4-6-21(26)7-5-19/h4-9,18,20H,2-3,10-17H2,1H3,(H,27,34)/t18-/m1/s1. The number of anilines is 1. The number of benzene rings is 1. The molecule has 3 aromatic rings. The summed E-state index contributed by atoms with van der Waals surface area (Å²) in [6, 6.07) is 11.4. The molecule has 2 aromatic heterocycles. The predicted molar refractivity (Wildman–Crippen MR) is 134 cm³/mol. The van der Waals surface area contributed by atoms with Crippen LogP contribution in [0.4, 0.5) is 5.82 Å². The number of hydrogen-bond acceptors (Lipinski definition) is 6. The maximum Gasteiger partial charge on any atom is 0.223 e. The molecule has 2 aliphatic heterocycles. The number of aromatic nitrogens is 4. The third-order valence-electron chi connectivity index (χ3n) is 7.01. The largest absolute Gasteiger partial charge is 0.355 e. The molecule has 0 bridgehead atoms. The van der Waals surface area contributed by atoms with Gasteiger partial charge in [0, 0.05) is 49.2 Å². The van der Waals surface area contributed by atoms with Gasteiger partial charge in [-0.25, -0.2) is 0 Å². The van der Waals surface area contributed by atoms with Crippen molar-refractivity contribution in [1.29, 1.82) is 0 Å². The van der Waals surface area contributed by atoms with Gasteiger partial charge in [0.2, 0.25) is 5.91 Å². The number of likely N-dealkylation sites (tertiary alicyclic amines) is 1. The van der Waals surface area contributed by atoms with Gasteiger partial charge in [-0.15, -0.1) is 15.3 Å². The Bertz CT molecular complexity index is 1120. The molecule has 2 aliphatic rings. The Labute approximate surface area is 205 Å². The molecule has 2 fully saturated rings. The van der Waals surface area contributed by atoms with Crippen molar-refractivity contribution >= 4 is 29.0 Å². The van der Waals surface area contributed by atoms with E-state index in [0.29, 0.717) is 16.5 Å². The molecular formula is C25H32ClN7O. The third-order valence-corrected chi connectivity index (χ3v) is 7.26. The van der Waals surface area contributed by atoms with Crippen LogP contribution in [-0.4, -0.2) is 69.9 Å². The van der Waals surface area contributed by atoms with Crippen molar-refractivity contribution in [2.45, 2.75) is 32.6 Å². The number of fused-ring (bicyclic) bond motifs is 1. The van der Waals surface area contributed by atoms with E-state index in [1.54, 1.807) is 4.52 Å².